The zero-order valence-corrected chi connectivity index (χ0v) is 13.9. The minimum absolute atomic E-state index is 0.0655. The largest absolute Gasteiger partial charge is 0.395 e. The highest BCUT2D eigenvalue weighted by Crippen LogP contribution is 2.20. The van der Waals surface area contributed by atoms with Gasteiger partial charge in [-0.15, -0.1) is 0 Å². The van der Waals surface area contributed by atoms with E-state index >= 15 is 0 Å². The van der Waals surface area contributed by atoms with Gasteiger partial charge in [0.15, 0.2) is 15.3 Å². The second-order valence-electron chi connectivity index (χ2n) is 6.10. The molecule has 0 amide bonds. The van der Waals surface area contributed by atoms with E-state index in [0.29, 0.717) is 30.7 Å². The third kappa shape index (κ3) is 3.66. The number of pyridine rings is 1. The molecule has 0 spiro atoms. The van der Waals surface area contributed by atoms with Crippen LogP contribution in [0.1, 0.15) is 12.1 Å². The van der Waals surface area contributed by atoms with Crippen LogP contribution in [-0.2, 0) is 16.4 Å². The number of halogens is 1. The molecule has 2 heterocycles. The maximum atomic E-state index is 13.3. The maximum absolute atomic E-state index is 13.3. The predicted molar refractivity (Wildman–Crippen MR) is 89.1 cm³/mol. The Kier molecular flexibility index (Phi) is 4.71. The number of hydrogen-bond acceptors (Lipinski definition) is 5. The average Bonchev–Trinajstić information content (AvgIpc) is 2.88. The Bertz CT molecular complexity index is 910. The van der Waals surface area contributed by atoms with Crippen LogP contribution >= 0.6 is 0 Å². The van der Waals surface area contributed by atoms with Gasteiger partial charge in [0.1, 0.15) is 5.82 Å². The van der Waals surface area contributed by atoms with Crippen LogP contribution in [-0.4, -0.2) is 54.1 Å². The molecule has 1 atom stereocenters. The summed E-state index contributed by atoms with van der Waals surface area (Å²) in [5.74, 6) is -0.262. The highest BCUT2D eigenvalue weighted by atomic mass is 32.2. The number of fused-ring (bicyclic) bond motifs is 1. The predicted octanol–water partition coefficient (Wildman–Crippen LogP) is 0.649. The Morgan fingerprint density at radius 1 is 1.33 bits per heavy atom. The molecule has 130 valence electrons. The Balaban J connectivity index is 1.88. The van der Waals surface area contributed by atoms with Gasteiger partial charge in [-0.2, -0.15) is 0 Å². The molecule has 1 aromatic carbocycles. The first-order valence-electron chi connectivity index (χ1n) is 7.75. The van der Waals surface area contributed by atoms with Gasteiger partial charge in [-0.05, 0) is 24.6 Å². The number of nitrogens with one attached hydrogen (secondary N) is 1. The van der Waals surface area contributed by atoms with E-state index < -0.39 is 15.7 Å². The number of aromatic amines is 1. The monoisotopic (exact) mass is 354 g/mol. The van der Waals surface area contributed by atoms with E-state index in [0.717, 1.165) is 0 Å². The van der Waals surface area contributed by atoms with E-state index in [2.05, 4.69) is 4.98 Å². The number of hydrogen-bond donors (Lipinski definition) is 2. The number of nitrogens with zero attached hydrogens (tertiary/aromatic N) is 1. The van der Waals surface area contributed by atoms with E-state index in [-0.39, 0.29) is 35.0 Å². The number of aromatic nitrogens is 1. The zero-order valence-electron chi connectivity index (χ0n) is 13.0. The van der Waals surface area contributed by atoms with Gasteiger partial charge < -0.3 is 10.1 Å². The van der Waals surface area contributed by atoms with Crippen molar-refractivity contribution in [3.8, 4) is 0 Å². The van der Waals surface area contributed by atoms with Crippen LogP contribution in [0.2, 0.25) is 0 Å². The molecule has 3 rings (SSSR count). The molecule has 0 aliphatic carbocycles. The van der Waals surface area contributed by atoms with Crippen LogP contribution in [0.3, 0.4) is 0 Å². The Hall–Kier alpha value is -1.77. The van der Waals surface area contributed by atoms with Gasteiger partial charge in [0.2, 0.25) is 0 Å². The summed E-state index contributed by atoms with van der Waals surface area (Å²) in [7, 11) is -3.04. The fraction of sp³-hybridized carbons (Fsp3) is 0.438. The van der Waals surface area contributed by atoms with Crippen LogP contribution in [0.25, 0.3) is 10.9 Å². The molecule has 1 fully saturated rings. The molecule has 2 aromatic rings. The minimum atomic E-state index is -3.04. The van der Waals surface area contributed by atoms with E-state index in [1.165, 1.54) is 24.3 Å². The number of sulfone groups is 1. The summed E-state index contributed by atoms with van der Waals surface area (Å²) in [6.07, 6.45) is 0.519. The summed E-state index contributed by atoms with van der Waals surface area (Å²) in [4.78, 5) is 17.1. The number of aliphatic hydroxyl groups excluding tert-OH is 1. The summed E-state index contributed by atoms with van der Waals surface area (Å²) in [6.45, 7) is 0.548. The van der Waals surface area contributed by atoms with Crippen molar-refractivity contribution in [2.24, 2.45) is 0 Å². The Labute approximate surface area is 138 Å². The smallest absolute Gasteiger partial charge is 0.189 e. The van der Waals surface area contributed by atoms with Crippen molar-refractivity contribution < 1.29 is 17.9 Å². The molecule has 1 aliphatic heterocycles. The molecule has 0 radical (unpaired) electrons. The molecule has 2 N–H and O–H groups in total. The Morgan fingerprint density at radius 2 is 2.12 bits per heavy atom. The van der Waals surface area contributed by atoms with Crippen LogP contribution in [0.4, 0.5) is 4.39 Å². The molecule has 24 heavy (non-hydrogen) atoms. The van der Waals surface area contributed by atoms with Crippen molar-refractivity contribution in [2.75, 3.05) is 24.7 Å². The lowest BCUT2D eigenvalue weighted by atomic mass is 10.1. The van der Waals surface area contributed by atoms with Gasteiger partial charge in [0, 0.05) is 41.8 Å². The number of aliphatic hydroxyl groups is 1. The third-order valence-electron chi connectivity index (χ3n) is 4.33. The van der Waals surface area contributed by atoms with Crippen LogP contribution in [0.15, 0.2) is 29.1 Å². The van der Waals surface area contributed by atoms with Gasteiger partial charge in [-0.1, -0.05) is 0 Å². The van der Waals surface area contributed by atoms with Gasteiger partial charge in [-0.25, -0.2) is 12.8 Å². The summed E-state index contributed by atoms with van der Waals surface area (Å²) >= 11 is 0. The molecule has 1 aliphatic rings. The molecule has 6 nitrogen and oxygen atoms in total. The molecular weight excluding hydrogens is 335 g/mol. The van der Waals surface area contributed by atoms with Crippen molar-refractivity contribution in [1.82, 2.24) is 9.88 Å². The molecule has 1 saturated heterocycles. The van der Waals surface area contributed by atoms with Gasteiger partial charge in [0.25, 0.3) is 0 Å². The summed E-state index contributed by atoms with van der Waals surface area (Å²) in [5.41, 5.74) is 0.847. The topological polar surface area (TPSA) is 90.5 Å². The fourth-order valence-corrected chi connectivity index (χ4v) is 4.92. The maximum Gasteiger partial charge on any atom is 0.189 e. The lowest BCUT2D eigenvalue weighted by molar-refractivity contribution is 0.152. The van der Waals surface area contributed by atoms with Crippen molar-refractivity contribution >= 4 is 20.7 Å². The van der Waals surface area contributed by atoms with E-state index in [4.69, 9.17) is 0 Å². The van der Waals surface area contributed by atoms with Crippen LogP contribution < -0.4 is 5.43 Å². The highest BCUT2D eigenvalue weighted by molar-refractivity contribution is 7.91. The normalized spacial score (nSPS) is 20.0. The minimum Gasteiger partial charge on any atom is -0.395 e. The van der Waals surface area contributed by atoms with E-state index in [1.54, 1.807) is 0 Å². The van der Waals surface area contributed by atoms with Crippen LogP contribution in [0, 0.1) is 5.82 Å². The number of rotatable bonds is 5. The SMILES string of the molecule is O=c1cc(CN(CCO)[C@@H]2CCS(=O)(=O)C2)[nH]c2ccc(F)cc12. The molecular formula is C16H19FN2O4S. The molecule has 0 unspecified atom stereocenters. The van der Waals surface area contributed by atoms with Crippen LogP contribution in [0.5, 0.6) is 0 Å². The number of H-pyrrole nitrogens is 1. The van der Waals surface area contributed by atoms with Gasteiger partial charge in [-0.3, -0.25) is 9.69 Å². The van der Waals surface area contributed by atoms with Crippen molar-refractivity contribution in [3.63, 3.8) is 0 Å². The first-order chi connectivity index (χ1) is 11.4. The highest BCUT2D eigenvalue weighted by Gasteiger charge is 2.32. The summed E-state index contributed by atoms with van der Waals surface area (Å²) in [5, 5.41) is 9.53. The van der Waals surface area contributed by atoms with Crippen molar-refractivity contribution in [3.05, 3.63) is 46.0 Å². The fourth-order valence-electron chi connectivity index (χ4n) is 3.16. The Morgan fingerprint density at radius 3 is 2.79 bits per heavy atom. The first kappa shape index (κ1) is 17.1. The van der Waals surface area contributed by atoms with Gasteiger partial charge in [0.05, 0.1) is 18.1 Å². The second kappa shape index (κ2) is 6.62. The van der Waals surface area contributed by atoms with Gasteiger partial charge >= 0.3 is 0 Å². The quantitative estimate of drug-likeness (QED) is 0.823. The molecule has 0 bridgehead atoms. The second-order valence-corrected chi connectivity index (χ2v) is 8.33. The molecule has 0 saturated carbocycles. The summed E-state index contributed by atoms with van der Waals surface area (Å²) in [6, 6.07) is 5.20. The first-order valence-corrected chi connectivity index (χ1v) is 9.57. The lowest BCUT2D eigenvalue weighted by Crippen LogP contribution is -2.38. The van der Waals surface area contributed by atoms with Crippen molar-refractivity contribution in [1.29, 1.82) is 0 Å². The van der Waals surface area contributed by atoms with Crippen molar-refractivity contribution in [2.45, 2.75) is 19.0 Å². The third-order valence-corrected chi connectivity index (χ3v) is 6.08. The lowest BCUT2D eigenvalue weighted by Gasteiger charge is -2.27. The standard InChI is InChI=1S/C16H19FN2O4S/c17-11-1-2-15-14(7-11)16(21)8-12(18-15)9-19(4-5-20)13-3-6-24(22,23)10-13/h1-2,7-8,13,20H,3-6,9-10H2,(H,18,21)/t13-/m1/s1. The molecule has 8 heteroatoms. The van der Waals surface area contributed by atoms with E-state index in [9.17, 15) is 22.7 Å². The number of benzene rings is 1. The average molecular weight is 354 g/mol. The molecule has 1 aromatic heterocycles. The summed E-state index contributed by atoms with van der Waals surface area (Å²) < 4.78 is 36.6. The zero-order chi connectivity index (χ0) is 17.3. The van der Waals surface area contributed by atoms with E-state index in [1.807, 2.05) is 4.90 Å².